The van der Waals surface area contributed by atoms with Gasteiger partial charge in [0, 0.05) is 25.6 Å². The van der Waals surface area contributed by atoms with Crippen LogP contribution in [0.25, 0.3) is 16.3 Å². The van der Waals surface area contributed by atoms with Gasteiger partial charge in [0.05, 0.1) is 22.4 Å². The quantitative estimate of drug-likeness (QED) is 0.0351. The average molecular weight is 860 g/mol. The molecule has 1 fully saturated rings. The molecule has 16 heteroatoms. The second-order valence-electron chi connectivity index (χ2n) is 16.1. The van der Waals surface area contributed by atoms with Crippen LogP contribution in [0.2, 0.25) is 0 Å². The van der Waals surface area contributed by atoms with Gasteiger partial charge in [0.15, 0.2) is 19.0 Å². The van der Waals surface area contributed by atoms with Gasteiger partial charge in [0.25, 0.3) is 17.7 Å². The van der Waals surface area contributed by atoms with Crippen molar-refractivity contribution in [2.24, 2.45) is 0 Å². The number of hydrogen-bond acceptors (Lipinski definition) is 12. The molecule has 2 aliphatic rings. The van der Waals surface area contributed by atoms with Gasteiger partial charge >= 0.3 is 5.97 Å². The third-order valence-corrected chi connectivity index (χ3v) is 10.1. The van der Waals surface area contributed by atoms with Crippen LogP contribution < -0.4 is 30.7 Å². The van der Waals surface area contributed by atoms with Crippen molar-refractivity contribution in [3.8, 4) is 11.5 Å². The number of imide groups is 2. The molecule has 16 nitrogen and oxygen atoms in total. The molecular formula is C47H49N5O11. The number of hydrogen-bond donors (Lipinski definition) is 4. The van der Waals surface area contributed by atoms with Gasteiger partial charge < -0.3 is 30.2 Å². The maximum Gasteiger partial charge on any atom is 0.340 e. The fourth-order valence-electron chi connectivity index (χ4n) is 7.02. The minimum absolute atomic E-state index is 0.00658. The van der Waals surface area contributed by atoms with Crippen molar-refractivity contribution in [2.75, 3.05) is 31.6 Å². The van der Waals surface area contributed by atoms with Crippen LogP contribution >= 0.6 is 0 Å². The predicted molar refractivity (Wildman–Crippen MR) is 232 cm³/mol. The lowest BCUT2D eigenvalue weighted by Crippen LogP contribution is -2.54. The zero-order valence-electron chi connectivity index (χ0n) is 35.4. The highest BCUT2D eigenvalue weighted by atomic mass is 16.6. The molecule has 1 saturated heterocycles. The number of allylic oxidation sites excluding steroid dienone is 1. The van der Waals surface area contributed by atoms with Crippen molar-refractivity contribution in [1.82, 2.24) is 20.9 Å². The predicted octanol–water partition coefficient (Wildman–Crippen LogP) is 4.75. The summed E-state index contributed by atoms with van der Waals surface area (Å²) in [4.78, 5) is 101. The number of unbranched alkanes of at least 4 members (excludes halogenated alkanes) is 1. The standard InChI is InChI=1S/C47H49N5O11/c1-28(22-40(55)50-36-12-6-5-10-34(36)46(60)63-47(2,3)4)29-14-15-31-24-32(17-16-30(31)23-29)61-27-41(56)49-21-8-7-20-48-25-33(26-53)62-38-13-9-11-35-42(38)45(59)52(44(35)58)37-18-19-39(54)51-43(37)57/h5-6,9-17,22-24,26,33,37,48H,7-8,18-21,25,27H2,1-4H3,(H,49,56)(H,50,55)(H,51,54,57)/b28-22+. The fraction of sp³-hybridized carbons (Fsp3) is 0.319. The minimum Gasteiger partial charge on any atom is -0.484 e. The molecule has 2 unspecified atom stereocenters. The third-order valence-electron chi connectivity index (χ3n) is 10.1. The van der Waals surface area contributed by atoms with Crippen LogP contribution in [0.4, 0.5) is 5.69 Å². The molecular weight excluding hydrogens is 811 g/mol. The largest absolute Gasteiger partial charge is 0.484 e. The number of nitrogens with zero attached hydrogens (tertiary/aromatic N) is 1. The smallest absolute Gasteiger partial charge is 0.340 e. The summed E-state index contributed by atoms with van der Waals surface area (Å²) in [6.07, 6.45) is 2.37. The van der Waals surface area contributed by atoms with Gasteiger partial charge in [-0.2, -0.15) is 0 Å². The molecule has 6 rings (SSSR count). The van der Waals surface area contributed by atoms with E-state index >= 15 is 0 Å². The third kappa shape index (κ3) is 11.6. The number of para-hydroxylation sites is 1. The van der Waals surface area contributed by atoms with Crippen LogP contribution in [-0.4, -0.2) is 96.6 Å². The van der Waals surface area contributed by atoms with Gasteiger partial charge in [0.2, 0.25) is 17.7 Å². The highest BCUT2D eigenvalue weighted by molar-refractivity contribution is 6.24. The summed E-state index contributed by atoms with van der Waals surface area (Å²) in [5.41, 5.74) is 1.47. The number of rotatable bonds is 18. The van der Waals surface area contributed by atoms with Crippen LogP contribution in [0.15, 0.2) is 84.9 Å². The number of anilines is 1. The fourth-order valence-corrected chi connectivity index (χ4v) is 7.02. The van der Waals surface area contributed by atoms with Gasteiger partial charge in [-0.25, -0.2) is 4.79 Å². The van der Waals surface area contributed by atoms with E-state index < -0.39 is 53.3 Å². The molecule has 0 radical (unpaired) electrons. The topological polar surface area (TPSA) is 216 Å². The van der Waals surface area contributed by atoms with Crippen LogP contribution in [0.3, 0.4) is 0 Å². The highest BCUT2D eigenvalue weighted by Crippen LogP contribution is 2.34. The number of piperidine rings is 1. The average Bonchev–Trinajstić information content (AvgIpc) is 3.50. The van der Waals surface area contributed by atoms with Crippen molar-refractivity contribution >= 4 is 69.7 Å². The molecule has 2 aliphatic heterocycles. The molecule has 4 aromatic rings. The van der Waals surface area contributed by atoms with E-state index in [4.69, 9.17) is 14.2 Å². The number of esters is 1. The summed E-state index contributed by atoms with van der Waals surface area (Å²) >= 11 is 0. The Labute approximate surface area is 363 Å². The number of fused-ring (bicyclic) bond motifs is 2. The number of amides is 6. The van der Waals surface area contributed by atoms with Crippen molar-refractivity contribution in [3.63, 3.8) is 0 Å². The molecule has 0 saturated carbocycles. The number of aldehydes is 1. The van der Waals surface area contributed by atoms with E-state index in [0.29, 0.717) is 49.2 Å². The van der Waals surface area contributed by atoms with Crippen molar-refractivity contribution in [1.29, 1.82) is 0 Å². The summed E-state index contributed by atoms with van der Waals surface area (Å²) in [6, 6.07) is 21.2. The second kappa shape index (κ2) is 20.1. The summed E-state index contributed by atoms with van der Waals surface area (Å²) in [7, 11) is 0. The zero-order valence-corrected chi connectivity index (χ0v) is 35.4. The van der Waals surface area contributed by atoms with Crippen LogP contribution in [0, 0.1) is 0 Å². The Morgan fingerprint density at radius 3 is 2.41 bits per heavy atom. The highest BCUT2D eigenvalue weighted by Gasteiger charge is 2.46. The second-order valence-corrected chi connectivity index (χ2v) is 16.1. The van der Waals surface area contributed by atoms with Crippen molar-refractivity contribution < 1.29 is 52.6 Å². The van der Waals surface area contributed by atoms with Gasteiger partial charge in [-0.3, -0.25) is 43.8 Å². The first-order valence-electron chi connectivity index (χ1n) is 20.5. The number of benzene rings is 4. The maximum absolute atomic E-state index is 13.3. The van der Waals surface area contributed by atoms with E-state index in [1.165, 1.54) is 24.3 Å². The molecule has 4 aromatic carbocycles. The van der Waals surface area contributed by atoms with Gasteiger partial charge in [0.1, 0.15) is 23.1 Å². The Bertz CT molecular complexity index is 2490. The Balaban J connectivity index is 0.902. The van der Waals surface area contributed by atoms with E-state index in [0.717, 1.165) is 21.2 Å². The van der Waals surface area contributed by atoms with E-state index in [1.807, 2.05) is 37.3 Å². The Morgan fingerprint density at radius 1 is 0.905 bits per heavy atom. The first-order chi connectivity index (χ1) is 30.1. The first-order valence-corrected chi connectivity index (χ1v) is 20.5. The molecule has 0 aliphatic carbocycles. The van der Waals surface area contributed by atoms with Crippen LogP contribution in [0.5, 0.6) is 11.5 Å². The van der Waals surface area contributed by atoms with Crippen molar-refractivity contribution in [3.05, 3.63) is 107 Å². The number of carbonyl (C=O) groups is 8. The Hall–Kier alpha value is -7.20. The summed E-state index contributed by atoms with van der Waals surface area (Å²) in [6.45, 7) is 7.97. The normalized spacial score (nSPS) is 15.7. The molecule has 0 spiro atoms. The van der Waals surface area contributed by atoms with Crippen LogP contribution in [0.1, 0.15) is 90.0 Å². The number of nitrogens with one attached hydrogen (secondary N) is 4. The van der Waals surface area contributed by atoms with Gasteiger partial charge in [-0.1, -0.05) is 36.4 Å². The first kappa shape index (κ1) is 45.3. The Morgan fingerprint density at radius 2 is 1.65 bits per heavy atom. The SMILES string of the molecule is C/C(=C\C(=O)Nc1ccccc1C(=O)OC(C)(C)C)c1ccc2cc(OCC(=O)NCCCCNCC(C=O)Oc3cccc4c3C(=O)N(C3CCC(=O)NC3=O)C4=O)ccc2c1. The van der Waals surface area contributed by atoms with Gasteiger partial charge in [-0.15, -0.1) is 0 Å². The molecule has 4 N–H and O–H groups in total. The minimum atomic E-state index is -1.12. The molecule has 0 aromatic heterocycles. The molecule has 2 atom stereocenters. The summed E-state index contributed by atoms with van der Waals surface area (Å²) in [5.74, 6) is -3.27. The molecule has 6 amide bonds. The van der Waals surface area contributed by atoms with Crippen LogP contribution in [-0.2, 0) is 28.7 Å². The lowest BCUT2D eigenvalue weighted by atomic mass is 10.0. The molecule has 328 valence electrons. The van der Waals surface area contributed by atoms with E-state index in [-0.39, 0.29) is 54.3 Å². The summed E-state index contributed by atoms with van der Waals surface area (Å²) < 4.78 is 17.1. The Kier molecular flexibility index (Phi) is 14.5. The number of carbonyl (C=O) groups excluding carboxylic acids is 8. The maximum atomic E-state index is 13.3. The summed E-state index contributed by atoms with van der Waals surface area (Å²) in [5, 5.41) is 12.7. The van der Waals surface area contributed by atoms with Gasteiger partial charge in [-0.05, 0) is 118 Å². The monoisotopic (exact) mass is 859 g/mol. The molecule has 63 heavy (non-hydrogen) atoms. The lowest BCUT2D eigenvalue weighted by molar-refractivity contribution is -0.136. The zero-order chi connectivity index (χ0) is 45.3. The van der Waals surface area contributed by atoms with E-state index in [2.05, 4.69) is 21.3 Å². The van der Waals surface area contributed by atoms with E-state index in [9.17, 15) is 38.4 Å². The van der Waals surface area contributed by atoms with Crippen molar-refractivity contribution in [2.45, 2.75) is 71.1 Å². The lowest BCUT2D eigenvalue weighted by Gasteiger charge is -2.27. The molecule has 2 heterocycles. The van der Waals surface area contributed by atoms with E-state index in [1.54, 1.807) is 51.1 Å². The molecule has 0 bridgehead atoms. The number of ether oxygens (including phenoxy) is 3.